The van der Waals surface area contributed by atoms with E-state index in [1.54, 1.807) is 12.3 Å². The Labute approximate surface area is 145 Å². The molecule has 7 heteroatoms. The second kappa shape index (κ2) is 6.13. The highest BCUT2D eigenvalue weighted by molar-refractivity contribution is 5.98. The molecule has 0 bridgehead atoms. The van der Waals surface area contributed by atoms with Gasteiger partial charge in [-0.3, -0.25) is 4.79 Å². The van der Waals surface area contributed by atoms with Crippen molar-refractivity contribution in [3.8, 4) is 0 Å². The SMILES string of the molecule is CC[C@@H]1CCCN1c1cc2cc(NC(=O)[C@H]3C[C@H]3F)ncc2c(N)n1. The third kappa shape index (κ3) is 2.99. The fourth-order valence-corrected chi connectivity index (χ4v) is 3.59. The Bertz CT molecular complexity index is 826. The molecule has 2 aromatic rings. The van der Waals surface area contributed by atoms with Gasteiger partial charge in [0.25, 0.3) is 0 Å². The first-order valence-electron chi connectivity index (χ1n) is 8.84. The van der Waals surface area contributed by atoms with Gasteiger partial charge in [0, 0.05) is 24.2 Å². The standard InChI is InChI=1S/C18H22FN5O/c1-2-11-4-3-5-24(11)16-7-10-6-15(21-9-13(10)17(20)23-16)22-18(25)12-8-14(12)19/h6-7,9,11-12,14H,2-5,8H2,1H3,(H2,20,23)(H,21,22,25)/t11-,12+,14-/m1/s1. The van der Waals surface area contributed by atoms with Gasteiger partial charge in [0.2, 0.25) is 5.91 Å². The van der Waals surface area contributed by atoms with Gasteiger partial charge in [0.1, 0.15) is 23.6 Å². The molecule has 3 atom stereocenters. The number of hydrogen-bond acceptors (Lipinski definition) is 5. The summed E-state index contributed by atoms with van der Waals surface area (Å²) in [5.74, 6) is 0.869. The van der Waals surface area contributed by atoms with Crippen molar-refractivity contribution in [3.63, 3.8) is 0 Å². The molecule has 1 saturated carbocycles. The van der Waals surface area contributed by atoms with E-state index >= 15 is 0 Å². The van der Waals surface area contributed by atoms with Crippen molar-refractivity contribution in [1.82, 2.24) is 9.97 Å². The summed E-state index contributed by atoms with van der Waals surface area (Å²) in [6, 6.07) is 4.26. The normalized spacial score (nSPS) is 25.4. The van der Waals surface area contributed by atoms with Gasteiger partial charge < -0.3 is 16.0 Å². The van der Waals surface area contributed by atoms with E-state index in [9.17, 15) is 9.18 Å². The number of rotatable bonds is 4. The van der Waals surface area contributed by atoms with Gasteiger partial charge in [-0.05, 0) is 43.2 Å². The number of pyridine rings is 2. The lowest BCUT2D eigenvalue weighted by atomic mass is 10.1. The summed E-state index contributed by atoms with van der Waals surface area (Å²) in [7, 11) is 0. The molecule has 1 aliphatic heterocycles. The molecular formula is C18H22FN5O. The molecule has 0 unspecified atom stereocenters. The molecule has 1 aliphatic carbocycles. The van der Waals surface area contributed by atoms with Crippen LogP contribution in [0.1, 0.15) is 32.6 Å². The molecule has 0 radical (unpaired) electrons. The van der Waals surface area contributed by atoms with Crippen LogP contribution in [0.15, 0.2) is 18.3 Å². The monoisotopic (exact) mass is 343 g/mol. The van der Waals surface area contributed by atoms with Gasteiger partial charge in [-0.2, -0.15) is 0 Å². The minimum absolute atomic E-state index is 0.299. The maximum Gasteiger partial charge on any atom is 0.231 e. The number of amides is 1. The van der Waals surface area contributed by atoms with Crippen LogP contribution in [0.2, 0.25) is 0 Å². The van der Waals surface area contributed by atoms with E-state index in [-0.39, 0.29) is 5.91 Å². The van der Waals surface area contributed by atoms with Gasteiger partial charge >= 0.3 is 0 Å². The van der Waals surface area contributed by atoms with E-state index in [1.807, 2.05) is 6.07 Å². The molecule has 25 heavy (non-hydrogen) atoms. The predicted octanol–water partition coefficient (Wildman–Crippen LogP) is 2.89. The maximum absolute atomic E-state index is 13.0. The van der Waals surface area contributed by atoms with Crippen molar-refractivity contribution in [3.05, 3.63) is 18.3 Å². The minimum atomic E-state index is -1.02. The largest absolute Gasteiger partial charge is 0.383 e. The molecule has 0 spiro atoms. The van der Waals surface area contributed by atoms with Crippen molar-refractivity contribution >= 4 is 34.1 Å². The Kier molecular flexibility index (Phi) is 3.94. The topological polar surface area (TPSA) is 84.1 Å². The van der Waals surface area contributed by atoms with Crippen LogP contribution in [0.4, 0.5) is 21.8 Å². The molecule has 2 fully saturated rings. The Morgan fingerprint density at radius 3 is 3.00 bits per heavy atom. The van der Waals surface area contributed by atoms with Gasteiger partial charge in [0.15, 0.2) is 0 Å². The van der Waals surface area contributed by atoms with Crippen molar-refractivity contribution in [2.45, 2.75) is 44.8 Å². The molecular weight excluding hydrogens is 321 g/mol. The molecule has 6 nitrogen and oxygen atoms in total. The number of nitrogens with zero attached hydrogens (tertiary/aromatic N) is 3. The number of nitrogen functional groups attached to an aromatic ring is 1. The highest BCUT2D eigenvalue weighted by Crippen LogP contribution is 2.35. The number of hydrogen-bond donors (Lipinski definition) is 2. The molecule has 1 amide bonds. The van der Waals surface area contributed by atoms with Crippen molar-refractivity contribution in [1.29, 1.82) is 0 Å². The van der Waals surface area contributed by atoms with Crippen LogP contribution in [-0.2, 0) is 4.79 Å². The number of fused-ring (bicyclic) bond motifs is 1. The van der Waals surface area contributed by atoms with E-state index in [0.717, 1.165) is 36.0 Å². The first-order chi connectivity index (χ1) is 12.1. The van der Waals surface area contributed by atoms with Crippen LogP contribution in [0.3, 0.4) is 0 Å². The summed E-state index contributed by atoms with van der Waals surface area (Å²) < 4.78 is 13.0. The first-order valence-corrected chi connectivity index (χ1v) is 8.84. The van der Waals surface area contributed by atoms with Crippen LogP contribution in [-0.4, -0.2) is 34.6 Å². The van der Waals surface area contributed by atoms with Crippen LogP contribution in [0.5, 0.6) is 0 Å². The van der Waals surface area contributed by atoms with E-state index in [0.29, 0.717) is 24.1 Å². The van der Waals surface area contributed by atoms with Gasteiger partial charge in [-0.15, -0.1) is 0 Å². The summed E-state index contributed by atoms with van der Waals surface area (Å²) in [6.45, 7) is 3.16. The summed E-state index contributed by atoms with van der Waals surface area (Å²) >= 11 is 0. The molecule has 0 aromatic carbocycles. The van der Waals surface area contributed by atoms with Crippen molar-refractivity contribution in [2.75, 3.05) is 22.5 Å². The van der Waals surface area contributed by atoms with E-state index < -0.39 is 12.1 Å². The predicted molar refractivity (Wildman–Crippen MR) is 96.2 cm³/mol. The molecule has 2 aromatic heterocycles. The molecule has 2 aliphatic rings. The summed E-state index contributed by atoms with van der Waals surface area (Å²) in [5.41, 5.74) is 6.12. The van der Waals surface area contributed by atoms with Crippen LogP contribution in [0.25, 0.3) is 10.8 Å². The van der Waals surface area contributed by atoms with Gasteiger partial charge in [0.05, 0.1) is 5.92 Å². The Balaban J connectivity index is 1.65. The Hall–Kier alpha value is -2.44. The Morgan fingerprint density at radius 2 is 2.28 bits per heavy atom. The quantitative estimate of drug-likeness (QED) is 0.892. The number of alkyl halides is 1. The smallest absolute Gasteiger partial charge is 0.231 e. The highest BCUT2D eigenvalue weighted by atomic mass is 19.1. The van der Waals surface area contributed by atoms with E-state index in [1.165, 1.54) is 6.42 Å². The second-order valence-corrected chi connectivity index (χ2v) is 6.90. The second-order valence-electron chi connectivity index (χ2n) is 6.90. The molecule has 132 valence electrons. The number of carbonyl (C=O) groups excluding carboxylic acids is 1. The van der Waals surface area contributed by atoms with Gasteiger partial charge in [-0.1, -0.05) is 6.92 Å². The molecule has 1 saturated heterocycles. The summed E-state index contributed by atoms with van der Waals surface area (Å²) in [6.07, 6.45) is 4.28. The number of nitrogens with two attached hydrogens (primary N) is 1. The maximum atomic E-state index is 13.0. The third-order valence-corrected chi connectivity index (χ3v) is 5.17. The first kappa shape index (κ1) is 16.1. The van der Waals surface area contributed by atoms with Crippen LogP contribution >= 0.6 is 0 Å². The van der Waals surface area contributed by atoms with Crippen LogP contribution in [0, 0.1) is 5.92 Å². The Morgan fingerprint density at radius 1 is 1.48 bits per heavy atom. The molecule has 3 heterocycles. The number of carbonyl (C=O) groups is 1. The number of nitrogens with one attached hydrogen (secondary N) is 1. The van der Waals surface area contributed by atoms with E-state index in [2.05, 4.69) is 27.1 Å². The number of aromatic nitrogens is 2. The highest BCUT2D eigenvalue weighted by Gasteiger charge is 2.43. The summed E-state index contributed by atoms with van der Waals surface area (Å²) in [5, 5.41) is 4.32. The zero-order valence-electron chi connectivity index (χ0n) is 14.2. The average molecular weight is 343 g/mol. The zero-order chi connectivity index (χ0) is 17.6. The third-order valence-electron chi connectivity index (χ3n) is 5.17. The summed E-state index contributed by atoms with van der Waals surface area (Å²) in [4.78, 5) is 23.0. The van der Waals surface area contributed by atoms with E-state index in [4.69, 9.17) is 5.73 Å². The molecule has 3 N–H and O–H groups in total. The lowest BCUT2D eigenvalue weighted by molar-refractivity contribution is -0.117. The zero-order valence-corrected chi connectivity index (χ0v) is 14.2. The van der Waals surface area contributed by atoms with Crippen molar-refractivity contribution < 1.29 is 9.18 Å². The molecule has 4 rings (SSSR count). The van der Waals surface area contributed by atoms with Crippen molar-refractivity contribution in [2.24, 2.45) is 5.92 Å². The van der Waals surface area contributed by atoms with Gasteiger partial charge in [-0.25, -0.2) is 14.4 Å². The van der Waals surface area contributed by atoms with Crippen LogP contribution < -0.4 is 16.0 Å². The lowest BCUT2D eigenvalue weighted by Gasteiger charge is -2.25. The number of anilines is 3. The fourth-order valence-electron chi connectivity index (χ4n) is 3.59. The minimum Gasteiger partial charge on any atom is -0.383 e. The average Bonchev–Trinajstić information content (AvgIpc) is 3.14. The number of halogens is 1. The lowest BCUT2D eigenvalue weighted by Crippen LogP contribution is -2.29. The fraction of sp³-hybridized carbons (Fsp3) is 0.500.